The molecular formula is C15H18BrClN2OS. The molecule has 2 rings (SSSR count). The van der Waals surface area contributed by atoms with E-state index in [9.17, 15) is 0 Å². The SMILES string of the molecule is COCc1nc(-c2ccc(Cl)c(Br)c2)sc1CNC(C)C. The highest BCUT2D eigenvalue weighted by Crippen LogP contribution is 2.33. The quantitative estimate of drug-likeness (QED) is 0.765. The van der Waals surface area contributed by atoms with Crippen LogP contribution in [0.4, 0.5) is 0 Å². The fourth-order valence-corrected chi connectivity index (χ4v) is 3.33. The lowest BCUT2D eigenvalue weighted by Gasteiger charge is -2.07. The molecule has 0 spiro atoms. The molecule has 114 valence electrons. The number of ether oxygens (including phenoxy) is 1. The Morgan fingerprint density at radius 1 is 1.43 bits per heavy atom. The number of thiazole rings is 1. The monoisotopic (exact) mass is 388 g/mol. The summed E-state index contributed by atoms with van der Waals surface area (Å²) in [6.07, 6.45) is 0. The Balaban J connectivity index is 2.31. The average Bonchev–Trinajstić information content (AvgIpc) is 2.83. The number of hydrogen-bond acceptors (Lipinski definition) is 4. The molecule has 0 saturated carbocycles. The van der Waals surface area contributed by atoms with Gasteiger partial charge in [-0.1, -0.05) is 31.5 Å². The van der Waals surface area contributed by atoms with Gasteiger partial charge >= 0.3 is 0 Å². The highest BCUT2D eigenvalue weighted by Gasteiger charge is 2.13. The number of hydrogen-bond donors (Lipinski definition) is 1. The van der Waals surface area contributed by atoms with Gasteiger partial charge in [0.15, 0.2) is 0 Å². The van der Waals surface area contributed by atoms with Gasteiger partial charge in [-0.25, -0.2) is 4.98 Å². The molecule has 6 heteroatoms. The summed E-state index contributed by atoms with van der Waals surface area (Å²) in [6, 6.07) is 6.31. The third-order valence-corrected chi connectivity index (χ3v) is 5.26. The van der Waals surface area contributed by atoms with Crippen LogP contribution in [0.5, 0.6) is 0 Å². The van der Waals surface area contributed by atoms with Crippen molar-refractivity contribution in [1.29, 1.82) is 0 Å². The van der Waals surface area contributed by atoms with Crippen LogP contribution >= 0.6 is 38.9 Å². The highest BCUT2D eigenvalue weighted by molar-refractivity contribution is 9.10. The van der Waals surface area contributed by atoms with Crippen LogP contribution in [0.15, 0.2) is 22.7 Å². The standard InChI is InChI=1S/C15H18BrClN2OS/c1-9(2)18-7-14-13(8-20-3)19-15(21-14)10-4-5-12(17)11(16)6-10/h4-6,9,18H,7-8H2,1-3H3. The Bertz CT molecular complexity index is 616. The normalized spacial score (nSPS) is 11.3. The molecule has 1 heterocycles. The lowest BCUT2D eigenvalue weighted by molar-refractivity contribution is 0.181. The Hall–Kier alpha value is -0.460. The molecule has 2 aromatic rings. The Morgan fingerprint density at radius 3 is 2.81 bits per heavy atom. The first-order valence-electron chi connectivity index (χ1n) is 6.67. The van der Waals surface area contributed by atoms with Crippen molar-refractivity contribution in [3.63, 3.8) is 0 Å². The molecule has 1 N–H and O–H groups in total. The Morgan fingerprint density at radius 2 is 2.19 bits per heavy atom. The first kappa shape index (κ1) is 16.9. The van der Waals surface area contributed by atoms with E-state index in [1.165, 1.54) is 4.88 Å². The average molecular weight is 390 g/mol. The summed E-state index contributed by atoms with van der Waals surface area (Å²) >= 11 is 11.2. The van der Waals surface area contributed by atoms with E-state index in [2.05, 4.69) is 35.1 Å². The van der Waals surface area contributed by atoms with E-state index in [1.54, 1.807) is 18.4 Å². The number of methoxy groups -OCH3 is 1. The first-order valence-corrected chi connectivity index (χ1v) is 8.66. The van der Waals surface area contributed by atoms with Gasteiger partial charge in [0, 0.05) is 34.6 Å². The molecule has 0 amide bonds. The van der Waals surface area contributed by atoms with Crippen LogP contribution in [-0.4, -0.2) is 18.1 Å². The van der Waals surface area contributed by atoms with E-state index in [0.29, 0.717) is 17.7 Å². The zero-order chi connectivity index (χ0) is 15.4. The van der Waals surface area contributed by atoms with Crippen molar-refractivity contribution in [1.82, 2.24) is 10.3 Å². The van der Waals surface area contributed by atoms with Crippen LogP contribution in [0.25, 0.3) is 10.6 Å². The Kier molecular flexibility index (Phi) is 6.20. The van der Waals surface area contributed by atoms with Gasteiger partial charge in [-0.15, -0.1) is 11.3 Å². The van der Waals surface area contributed by atoms with Gasteiger partial charge in [0.25, 0.3) is 0 Å². The fourth-order valence-electron chi connectivity index (χ4n) is 1.82. The van der Waals surface area contributed by atoms with Gasteiger partial charge in [0.05, 0.1) is 17.3 Å². The van der Waals surface area contributed by atoms with Crippen molar-refractivity contribution < 1.29 is 4.74 Å². The van der Waals surface area contributed by atoms with E-state index in [4.69, 9.17) is 21.3 Å². The summed E-state index contributed by atoms with van der Waals surface area (Å²) < 4.78 is 6.13. The van der Waals surface area contributed by atoms with Crippen LogP contribution in [0.3, 0.4) is 0 Å². The van der Waals surface area contributed by atoms with E-state index < -0.39 is 0 Å². The van der Waals surface area contributed by atoms with E-state index >= 15 is 0 Å². The smallest absolute Gasteiger partial charge is 0.124 e. The lowest BCUT2D eigenvalue weighted by atomic mass is 10.2. The minimum Gasteiger partial charge on any atom is -0.378 e. The minimum absolute atomic E-state index is 0.440. The van der Waals surface area contributed by atoms with Crippen molar-refractivity contribution >= 4 is 38.9 Å². The summed E-state index contributed by atoms with van der Waals surface area (Å²) in [5, 5.41) is 5.12. The van der Waals surface area contributed by atoms with Gasteiger partial charge in [-0.3, -0.25) is 0 Å². The van der Waals surface area contributed by atoms with Crippen LogP contribution in [-0.2, 0) is 17.9 Å². The van der Waals surface area contributed by atoms with Gasteiger partial charge in [0.2, 0.25) is 0 Å². The predicted molar refractivity (Wildman–Crippen MR) is 92.9 cm³/mol. The van der Waals surface area contributed by atoms with Crippen molar-refractivity contribution in [2.75, 3.05) is 7.11 Å². The molecule has 1 aromatic carbocycles. The van der Waals surface area contributed by atoms with Crippen molar-refractivity contribution in [2.45, 2.75) is 33.0 Å². The molecule has 0 fully saturated rings. The molecule has 0 saturated heterocycles. The van der Waals surface area contributed by atoms with E-state index in [1.807, 2.05) is 18.2 Å². The van der Waals surface area contributed by atoms with E-state index in [-0.39, 0.29) is 0 Å². The van der Waals surface area contributed by atoms with Gasteiger partial charge < -0.3 is 10.1 Å². The third kappa shape index (κ3) is 4.50. The second kappa shape index (κ2) is 7.70. The molecule has 0 aliphatic heterocycles. The molecule has 0 atom stereocenters. The summed E-state index contributed by atoms with van der Waals surface area (Å²) in [4.78, 5) is 5.92. The Labute approximate surface area is 142 Å². The zero-order valence-corrected chi connectivity index (χ0v) is 15.4. The molecular weight excluding hydrogens is 372 g/mol. The van der Waals surface area contributed by atoms with Gasteiger partial charge in [0.1, 0.15) is 5.01 Å². The number of rotatable bonds is 6. The van der Waals surface area contributed by atoms with Crippen molar-refractivity contribution in [2.24, 2.45) is 0 Å². The van der Waals surface area contributed by atoms with Crippen LogP contribution < -0.4 is 5.32 Å². The van der Waals surface area contributed by atoms with Gasteiger partial charge in [-0.05, 0) is 28.1 Å². The molecule has 0 aliphatic carbocycles. The maximum absolute atomic E-state index is 6.05. The molecule has 0 aliphatic rings. The van der Waals surface area contributed by atoms with Crippen LogP contribution in [0.2, 0.25) is 5.02 Å². The lowest BCUT2D eigenvalue weighted by Crippen LogP contribution is -2.21. The largest absolute Gasteiger partial charge is 0.378 e. The summed E-state index contributed by atoms with van der Waals surface area (Å²) in [7, 11) is 1.69. The second-order valence-corrected chi connectivity index (χ2v) is 7.33. The summed E-state index contributed by atoms with van der Waals surface area (Å²) in [6.45, 7) is 5.60. The van der Waals surface area contributed by atoms with Crippen molar-refractivity contribution in [3.05, 3.63) is 38.3 Å². The number of nitrogens with zero attached hydrogens (tertiary/aromatic N) is 1. The number of benzene rings is 1. The van der Waals surface area contributed by atoms with E-state index in [0.717, 1.165) is 27.3 Å². The highest BCUT2D eigenvalue weighted by atomic mass is 79.9. The maximum atomic E-state index is 6.05. The summed E-state index contributed by atoms with van der Waals surface area (Å²) in [5.41, 5.74) is 2.06. The number of aromatic nitrogens is 1. The summed E-state index contributed by atoms with van der Waals surface area (Å²) in [5.74, 6) is 0. The maximum Gasteiger partial charge on any atom is 0.124 e. The molecule has 0 radical (unpaired) electrons. The molecule has 3 nitrogen and oxygen atoms in total. The predicted octanol–water partition coefficient (Wildman–Crippen LogP) is 4.87. The number of halogens is 2. The van der Waals surface area contributed by atoms with Crippen molar-refractivity contribution in [3.8, 4) is 10.6 Å². The van der Waals surface area contributed by atoms with Gasteiger partial charge in [-0.2, -0.15) is 0 Å². The first-order chi connectivity index (χ1) is 10.0. The molecule has 1 aromatic heterocycles. The van der Waals surface area contributed by atoms with Crippen LogP contribution in [0, 0.1) is 0 Å². The topological polar surface area (TPSA) is 34.1 Å². The molecule has 0 unspecified atom stereocenters. The zero-order valence-electron chi connectivity index (χ0n) is 12.2. The molecule has 0 bridgehead atoms. The number of nitrogens with one attached hydrogen (secondary N) is 1. The fraction of sp³-hybridized carbons (Fsp3) is 0.400. The van der Waals surface area contributed by atoms with Crippen LogP contribution in [0.1, 0.15) is 24.4 Å². The third-order valence-electron chi connectivity index (χ3n) is 2.90. The second-order valence-electron chi connectivity index (χ2n) is 4.99. The minimum atomic E-state index is 0.440. The molecule has 21 heavy (non-hydrogen) atoms.